The van der Waals surface area contributed by atoms with Crippen molar-refractivity contribution in [3.8, 4) is 0 Å². The van der Waals surface area contributed by atoms with Crippen molar-refractivity contribution in [1.82, 2.24) is 9.38 Å². The molecule has 0 bridgehead atoms. The van der Waals surface area contributed by atoms with Gasteiger partial charge in [0.1, 0.15) is 6.61 Å². The Morgan fingerprint density at radius 2 is 2.43 bits per heavy atom. The number of aromatic nitrogens is 2. The van der Waals surface area contributed by atoms with Gasteiger partial charge in [0.2, 0.25) is 0 Å². The molecular formula is C7H8N2O3S2. The maximum absolute atomic E-state index is 10.7. The van der Waals surface area contributed by atoms with E-state index in [0.29, 0.717) is 5.69 Å². The lowest BCUT2D eigenvalue weighted by Gasteiger charge is -1.95. The van der Waals surface area contributed by atoms with Gasteiger partial charge in [-0.15, -0.1) is 11.3 Å². The molecule has 2 rings (SSSR count). The van der Waals surface area contributed by atoms with E-state index in [0.717, 1.165) is 11.2 Å². The number of nitrogens with zero attached hydrogens (tertiary/aromatic N) is 2. The first-order valence-corrected chi connectivity index (χ1v) is 6.50. The summed E-state index contributed by atoms with van der Waals surface area (Å²) >= 11 is 1.49. The highest BCUT2D eigenvalue weighted by molar-refractivity contribution is 7.85. The fraction of sp³-hybridized carbons (Fsp3) is 0.286. The van der Waals surface area contributed by atoms with Crippen molar-refractivity contribution < 1.29 is 12.6 Å². The molecule has 0 amide bonds. The molecule has 0 saturated heterocycles. The fourth-order valence-electron chi connectivity index (χ4n) is 1.01. The molecule has 5 nitrogen and oxygen atoms in total. The summed E-state index contributed by atoms with van der Waals surface area (Å²) in [6.07, 6.45) is 4.62. The van der Waals surface area contributed by atoms with Crippen molar-refractivity contribution in [1.29, 1.82) is 0 Å². The molecule has 7 heteroatoms. The normalized spacial score (nSPS) is 12.4. The number of hydrogen-bond donors (Lipinski definition) is 0. The molecule has 2 aromatic heterocycles. The van der Waals surface area contributed by atoms with Crippen LogP contribution in [0.1, 0.15) is 5.69 Å². The van der Waals surface area contributed by atoms with Crippen LogP contribution in [0.25, 0.3) is 4.96 Å². The maximum Gasteiger partial charge on any atom is 0.264 e. The molecule has 0 N–H and O–H groups in total. The molecule has 0 saturated carbocycles. The largest absolute Gasteiger partial charge is 0.297 e. The minimum absolute atomic E-state index is 0.00671. The van der Waals surface area contributed by atoms with Crippen LogP contribution < -0.4 is 0 Å². The van der Waals surface area contributed by atoms with Crippen LogP contribution in [0.4, 0.5) is 0 Å². The molecule has 0 aliphatic rings. The van der Waals surface area contributed by atoms with Crippen LogP contribution in [0.5, 0.6) is 0 Å². The van der Waals surface area contributed by atoms with E-state index in [9.17, 15) is 8.42 Å². The van der Waals surface area contributed by atoms with E-state index >= 15 is 0 Å². The van der Waals surface area contributed by atoms with Gasteiger partial charge in [-0.3, -0.25) is 8.58 Å². The highest BCUT2D eigenvalue weighted by atomic mass is 32.2. The molecule has 0 fully saturated rings. The zero-order valence-corrected chi connectivity index (χ0v) is 9.01. The van der Waals surface area contributed by atoms with E-state index in [-0.39, 0.29) is 6.61 Å². The van der Waals surface area contributed by atoms with Gasteiger partial charge in [0.05, 0.1) is 11.9 Å². The Hall–Kier alpha value is -0.920. The van der Waals surface area contributed by atoms with Crippen LogP contribution in [0.3, 0.4) is 0 Å². The van der Waals surface area contributed by atoms with Crippen LogP contribution in [-0.2, 0) is 20.9 Å². The Morgan fingerprint density at radius 1 is 1.64 bits per heavy atom. The first kappa shape index (κ1) is 9.63. The summed E-state index contributed by atoms with van der Waals surface area (Å²) in [6.45, 7) is -0.00671. The van der Waals surface area contributed by atoms with Crippen LogP contribution in [0.15, 0.2) is 17.8 Å². The zero-order chi connectivity index (χ0) is 10.2. The second-order valence-electron chi connectivity index (χ2n) is 2.79. The first-order valence-electron chi connectivity index (χ1n) is 3.80. The third kappa shape index (κ3) is 2.11. The van der Waals surface area contributed by atoms with E-state index < -0.39 is 10.1 Å². The van der Waals surface area contributed by atoms with Gasteiger partial charge >= 0.3 is 0 Å². The van der Waals surface area contributed by atoms with E-state index in [2.05, 4.69) is 9.17 Å². The number of rotatable bonds is 3. The minimum Gasteiger partial charge on any atom is -0.297 e. The molecule has 0 aliphatic carbocycles. The molecule has 76 valence electrons. The summed E-state index contributed by atoms with van der Waals surface area (Å²) in [7, 11) is -3.39. The Balaban J connectivity index is 2.16. The molecule has 0 unspecified atom stereocenters. The Labute approximate surface area is 85.1 Å². The van der Waals surface area contributed by atoms with E-state index in [4.69, 9.17) is 0 Å². The van der Waals surface area contributed by atoms with Gasteiger partial charge in [0.15, 0.2) is 4.96 Å². The summed E-state index contributed by atoms with van der Waals surface area (Å²) in [4.78, 5) is 5.00. The van der Waals surface area contributed by atoms with Crippen molar-refractivity contribution in [2.45, 2.75) is 6.61 Å². The standard InChI is InChI=1S/C7H8N2O3S2/c1-14(10,11)12-5-6-4-9-2-3-13-7(9)8-6/h2-4H,5H2,1H3. The highest BCUT2D eigenvalue weighted by Gasteiger charge is 2.06. The van der Waals surface area contributed by atoms with E-state index in [1.165, 1.54) is 11.3 Å². The lowest BCUT2D eigenvalue weighted by Crippen LogP contribution is -2.02. The molecule has 0 atom stereocenters. The van der Waals surface area contributed by atoms with Crippen molar-refractivity contribution >= 4 is 26.4 Å². The van der Waals surface area contributed by atoms with Crippen molar-refractivity contribution in [2.24, 2.45) is 0 Å². The molecule has 14 heavy (non-hydrogen) atoms. The maximum atomic E-state index is 10.7. The minimum atomic E-state index is -3.39. The van der Waals surface area contributed by atoms with Crippen LogP contribution in [0.2, 0.25) is 0 Å². The second-order valence-corrected chi connectivity index (χ2v) is 5.31. The molecule has 2 aromatic rings. The molecule has 0 radical (unpaired) electrons. The fourth-order valence-corrected chi connectivity index (χ4v) is 2.07. The van der Waals surface area contributed by atoms with Crippen molar-refractivity contribution in [3.05, 3.63) is 23.5 Å². The topological polar surface area (TPSA) is 60.7 Å². The van der Waals surface area contributed by atoms with Gasteiger partial charge in [-0.2, -0.15) is 8.42 Å². The van der Waals surface area contributed by atoms with Crippen LogP contribution in [-0.4, -0.2) is 24.1 Å². The summed E-state index contributed by atoms with van der Waals surface area (Å²) in [6, 6.07) is 0. The number of hydrogen-bond acceptors (Lipinski definition) is 5. The smallest absolute Gasteiger partial charge is 0.264 e. The molecule has 0 aliphatic heterocycles. The van der Waals surface area contributed by atoms with E-state index in [1.54, 1.807) is 6.20 Å². The Kier molecular flexibility index (Phi) is 2.30. The monoisotopic (exact) mass is 232 g/mol. The van der Waals surface area contributed by atoms with Gasteiger partial charge in [0.25, 0.3) is 10.1 Å². The summed E-state index contributed by atoms with van der Waals surface area (Å²) in [5, 5.41) is 1.91. The second kappa shape index (κ2) is 3.34. The SMILES string of the molecule is CS(=O)(=O)OCc1cn2ccsc2n1. The molecule has 2 heterocycles. The molecular weight excluding hydrogens is 224 g/mol. The zero-order valence-electron chi connectivity index (χ0n) is 7.37. The average Bonchev–Trinajstić information content (AvgIpc) is 2.56. The summed E-state index contributed by atoms with van der Waals surface area (Å²) in [5.41, 5.74) is 0.613. The Morgan fingerprint density at radius 3 is 3.07 bits per heavy atom. The van der Waals surface area contributed by atoms with Gasteiger partial charge in [-0.25, -0.2) is 4.98 Å². The summed E-state index contributed by atoms with van der Waals surface area (Å²) < 4.78 is 27.8. The van der Waals surface area contributed by atoms with Gasteiger partial charge in [-0.1, -0.05) is 0 Å². The van der Waals surface area contributed by atoms with Gasteiger partial charge < -0.3 is 0 Å². The predicted octanol–water partition coefficient (Wildman–Crippen LogP) is 0.872. The quantitative estimate of drug-likeness (QED) is 0.737. The lowest BCUT2D eigenvalue weighted by atomic mass is 10.5. The first-order chi connectivity index (χ1) is 6.54. The molecule has 0 spiro atoms. The van der Waals surface area contributed by atoms with Crippen molar-refractivity contribution in [2.75, 3.05) is 6.26 Å². The van der Waals surface area contributed by atoms with Gasteiger partial charge in [0, 0.05) is 17.8 Å². The Bertz CT molecular complexity index is 512. The highest BCUT2D eigenvalue weighted by Crippen LogP contribution is 2.12. The average molecular weight is 232 g/mol. The summed E-state index contributed by atoms with van der Waals surface area (Å²) in [5.74, 6) is 0. The third-order valence-electron chi connectivity index (χ3n) is 1.56. The van der Waals surface area contributed by atoms with E-state index in [1.807, 2.05) is 16.0 Å². The number of thiazole rings is 1. The number of imidazole rings is 1. The lowest BCUT2D eigenvalue weighted by molar-refractivity contribution is 0.308. The third-order valence-corrected chi connectivity index (χ3v) is 2.88. The molecule has 0 aromatic carbocycles. The van der Waals surface area contributed by atoms with Gasteiger partial charge in [-0.05, 0) is 0 Å². The van der Waals surface area contributed by atoms with Crippen molar-refractivity contribution in [3.63, 3.8) is 0 Å². The van der Waals surface area contributed by atoms with Crippen LogP contribution in [0, 0.1) is 0 Å². The van der Waals surface area contributed by atoms with Crippen LogP contribution >= 0.6 is 11.3 Å². The number of fused-ring (bicyclic) bond motifs is 1. The predicted molar refractivity (Wildman–Crippen MR) is 52.7 cm³/mol.